The molecule has 3 rings (SSSR count). The van der Waals surface area contributed by atoms with Gasteiger partial charge >= 0.3 is 6.18 Å². The highest BCUT2D eigenvalue weighted by Crippen LogP contribution is 2.26. The summed E-state index contributed by atoms with van der Waals surface area (Å²) in [4.78, 5) is 13.7. The summed E-state index contributed by atoms with van der Waals surface area (Å²) in [6.45, 7) is 0. The molecule has 0 amide bonds. The number of carbonyl (C=O) groups excluding carboxylic acids is 1. The van der Waals surface area contributed by atoms with Crippen LogP contribution in [0.25, 0.3) is 11.1 Å². The van der Waals surface area contributed by atoms with Crippen LogP contribution >= 0.6 is 0 Å². The van der Waals surface area contributed by atoms with Crippen molar-refractivity contribution in [3.8, 4) is 11.1 Å². The molecule has 0 saturated carbocycles. The summed E-state index contributed by atoms with van der Waals surface area (Å²) < 4.78 is 35.2. The van der Waals surface area contributed by atoms with Gasteiger partial charge in [0.1, 0.15) is 12.0 Å². The molecule has 24 heavy (non-hydrogen) atoms. The molecule has 0 N–H and O–H groups in total. The van der Waals surface area contributed by atoms with Crippen LogP contribution in [0.5, 0.6) is 0 Å². The Balaban J connectivity index is 0.000000185. The van der Waals surface area contributed by atoms with Crippen LogP contribution in [0.15, 0.2) is 79.0 Å². The zero-order valence-corrected chi connectivity index (χ0v) is 12.6. The average molecular weight is 329 g/mol. The first-order chi connectivity index (χ1) is 11.5. The number of pyridine rings is 1. The van der Waals surface area contributed by atoms with E-state index in [0.717, 1.165) is 29.7 Å². The van der Waals surface area contributed by atoms with E-state index in [2.05, 4.69) is 4.98 Å². The number of rotatable bonds is 2. The average Bonchev–Trinajstić information content (AvgIpc) is 2.63. The van der Waals surface area contributed by atoms with E-state index < -0.39 is 11.9 Å². The van der Waals surface area contributed by atoms with Gasteiger partial charge in [-0.25, -0.2) is 0 Å². The van der Waals surface area contributed by atoms with Crippen LogP contribution in [0.4, 0.5) is 13.2 Å². The summed E-state index contributed by atoms with van der Waals surface area (Å²) in [5.74, 6) is 0. The molecular weight excluding hydrogens is 315 g/mol. The number of halogens is 3. The van der Waals surface area contributed by atoms with Gasteiger partial charge in [0, 0.05) is 11.8 Å². The molecule has 0 spiro atoms. The molecule has 0 aliphatic rings. The summed E-state index contributed by atoms with van der Waals surface area (Å²) in [7, 11) is 0. The normalized spacial score (nSPS) is 10.5. The largest absolute Gasteiger partial charge is 0.433 e. The number of aldehydes is 1. The standard InChI is InChI=1S/C13H10O.C6H4F3N/c14-10-11-5-4-8-13(9-11)12-6-2-1-3-7-12;7-6(8,9)5-3-1-2-4-10-5/h1-10H;1-4H. The van der Waals surface area contributed by atoms with Crippen molar-refractivity contribution in [1.29, 1.82) is 0 Å². The number of carbonyl (C=O) groups is 1. The first-order valence-corrected chi connectivity index (χ1v) is 7.09. The minimum atomic E-state index is -4.32. The fraction of sp³-hybridized carbons (Fsp3) is 0.0526. The van der Waals surface area contributed by atoms with Crippen LogP contribution in [0.3, 0.4) is 0 Å². The fourth-order valence-electron chi connectivity index (χ4n) is 1.95. The number of hydrogen-bond acceptors (Lipinski definition) is 2. The third-order valence-corrected chi connectivity index (χ3v) is 3.09. The highest BCUT2D eigenvalue weighted by molar-refractivity contribution is 5.78. The molecule has 5 heteroatoms. The molecule has 3 aromatic rings. The molecule has 0 aliphatic heterocycles. The van der Waals surface area contributed by atoms with E-state index in [1.54, 1.807) is 6.07 Å². The van der Waals surface area contributed by atoms with Crippen molar-refractivity contribution in [3.05, 3.63) is 90.3 Å². The molecular formula is C19H14F3NO. The van der Waals surface area contributed by atoms with Gasteiger partial charge in [0.25, 0.3) is 0 Å². The van der Waals surface area contributed by atoms with E-state index in [1.165, 1.54) is 12.1 Å². The van der Waals surface area contributed by atoms with Gasteiger partial charge in [-0.15, -0.1) is 0 Å². The predicted octanol–water partition coefficient (Wildman–Crippen LogP) is 5.27. The third-order valence-electron chi connectivity index (χ3n) is 3.09. The van der Waals surface area contributed by atoms with Gasteiger partial charge < -0.3 is 0 Å². The Kier molecular flexibility index (Phi) is 5.84. The van der Waals surface area contributed by atoms with Crippen LogP contribution in [-0.2, 0) is 6.18 Å². The lowest BCUT2D eigenvalue weighted by atomic mass is 10.0. The lowest BCUT2D eigenvalue weighted by Crippen LogP contribution is -2.06. The second kappa shape index (κ2) is 8.06. The van der Waals surface area contributed by atoms with Crippen molar-refractivity contribution in [2.24, 2.45) is 0 Å². The monoisotopic (exact) mass is 329 g/mol. The number of benzene rings is 2. The quantitative estimate of drug-likeness (QED) is 0.600. The highest BCUT2D eigenvalue weighted by Gasteiger charge is 2.31. The van der Waals surface area contributed by atoms with Crippen molar-refractivity contribution >= 4 is 6.29 Å². The van der Waals surface area contributed by atoms with Gasteiger partial charge in [-0.3, -0.25) is 9.78 Å². The molecule has 0 aliphatic carbocycles. The summed E-state index contributed by atoms with van der Waals surface area (Å²) in [6.07, 6.45) is -2.34. The molecule has 0 saturated heterocycles. The minimum Gasteiger partial charge on any atom is -0.298 e. The molecule has 0 fully saturated rings. The molecule has 122 valence electrons. The van der Waals surface area contributed by atoms with Gasteiger partial charge in [-0.05, 0) is 29.3 Å². The number of hydrogen-bond donors (Lipinski definition) is 0. The van der Waals surface area contributed by atoms with Crippen LogP contribution < -0.4 is 0 Å². The van der Waals surface area contributed by atoms with Crippen molar-refractivity contribution < 1.29 is 18.0 Å². The van der Waals surface area contributed by atoms with Crippen molar-refractivity contribution in [2.45, 2.75) is 6.18 Å². The van der Waals surface area contributed by atoms with Crippen LogP contribution in [0.2, 0.25) is 0 Å². The zero-order chi connectivity index (χ0) is 17.4. The number of aromatic nitrogens is 1. The fourth-order valence-corrected chi connectivity index (χ4v) is 1.95. The Morgan fingerprint density at radius 2 is 1.46 bits per heavy atom. The summed E-state index contributed by atoms with van der Waals surface area (Å²) >= 11 is 0. The van der Waals surface area contributed by atoms with E-state index in [1.807, 2.05) is 48.5 Å². The van der Waals surface area contributed by atoms with E-state index in [0.29, 0.717) is 5.56 Å². The van der Waals surface area contributed by atoms with Crippen molar-refractivity contribution in [2.75, 3.05) is 0 Å². The topological polar surface area (TPSA) is 30.0 Å². The molecule has 1 heterocycles. The number of alkyl halides is 3. The molecule has 0 unspecified atom stereocenters. The summed E-state index contributed by atoms with van der Waals surface area (Å²) in [5.41, 5.74) is 2.08. The van der Waals surface area contributed by atoms with E-state index in [-0.39, 0.29) is 0 Å². The predicted molar refractivity (Wildman–Crippen MR) is 86.5 cm³/mol. The second-order valence-corrected chi connectivity index (χ2v) is 4.82. The lowest BCUT2D eigenvalue weighted by molar-refractivity contribution is -0.141. The van der Waals surface area contributed by atoms with Gasteiger partial charge in [-0.2, -0.15) is 13.2 Å². The van der Waals surface area contributed by atoms with Gasteiger partial charge in [-0.1, -0.05) is 54.6 Å². The van der Waals surface area contributed by atoms with Gasteiger partial charge in [0.05, 0.1) is 0 Å². The number of nitrogens with zero attached hydrogens (tertiary/aromatic N) is 1. The Hall–Kier alpha value is -2.95. The van der Waals surface area contributed by atoms with Crippen LogP contribution in [0, 0.1) is 0 Å². The SMILES string of the molecule is FC(F)(F)c1ccccn1.O=Cc1cccc(-c2ccccc2)c1. The molecule has 0 bridgehead atoms. The Labute approximate surface area is 137 Å². The van der Waals surface area contributed by atoms with E-state index >= 15 is 0 Å². The maximum atomic E-state index is 11.7. The van der Waals surface area contributed by atoms with Crippen molar-refractivity contribution in [1.82, 2.24) is 4.98 Å². The van der Waals surface area contributed by atoms with Crippen LogP contribution in [0.1, 0.15) is 16.1 Å². The summed E-state index contributed by atoms with van der Waals surface area (Å²) in [6, 6.07) is 21.3. The molecule has 2 aromatic carbocycles. The Morgan fingerprint density at radius 3 is 2.00 bits per heavy atom. The maximum absolute atomic E-state index is 11.7. The highest BCUT2D eigenvalue weighted by atomic mass is 19.4. The molecule has 0 atom stereocenters. The first-order valence-electron chi connectivity index (χ1n) is 7.09. The van der Waals surface area contributed by atoms with E-state index in [9.17, 15) is 18.0 Å². The third kappa shape index (κ3) is 5.05. The lowest BCUT2D eigenvalue weighted by Gasteiger charge is -2.02. The van der Waals surface area contributed by atoms with Gasteiger partial charge in [0.2, 0.25) is 0 Å². The first kappa shape index (κ1) is 17.4. The Bertz CT molecular complexity index is 771. The smallest absolute Gasteiger partial charge is 0.298 e. The maximum Gasteiger partial charge on any atom is 0.433 e. The minimum absolute atomic E-state index is 0.714. The van der Waals surface area contributed by atoms with Crippen molar-refractivity contribution in [3.63, 3.8) is 0 Å². The van der Waals surface area contributed by atoms with Crippen LogP contribution in [-0.4, -0.2) is 11.3 Å². The second-order valence-electron chi connectivity index (χ2n) is 4.82. The Morgan fingerprint density at radius 1 is 0.792 bits per heavy atom. The van der Waals surface area contributed by atoms with E-state index in [4.69, 9.17) is 0 Å². The summed E-state index contributed by atoms with van der Waals surface area (Å²) in [5, 5.41) is 0. The zero-order valence-electron chi connectivity index (χ0n) is 12.6. The van der Waals surface area contributed by atoms with Gasteiger partial charge in [0.15, 0.2) is 0 Å². The molecule has 0 radical (unpaired) electrons. The molecule has 1 aromatic heterocycles. The molecule has 2 nitrogen and oxygen atoms in total.